The number of benzene rings is 1. The number of pyridine rings is 1. The fourth-order valence-electron chi connectivity index (χ4n) is 2.91. The average molecular weight is 433 g/mol. The molecule has 1 heterocycles. The Morgan fingerprint density at radius 1 is 1.13 bits per heavy atom. The fourth-order valence-corrected chi connectivity index (χ4v) is 2.91. The first-order valence-corrected chi connectivity index (χ1v) is 10.0. The summed E-state index contributed by atoms with van der Waals surface area (Å²) in [4.78, 5) is 31.2. The van der Waals surface area contributed by atoms with Crippen LogP contribution in [0, 0.1) is 11.6 Å². The zero-order valence-electron chi connectivity index (χ0n) is 18.7. The van der Waals surface area contributed by atoms with Crippen molar-refractivity contribution in [2.45, 2.75) is 58.6 Å². The number of ether oxygens (including phenoxy) is 1. The van der Waals surface area contributed by atoms with E-state index in [0.717, 1.165) is 23.9 Å². The molecule has 8 heteroatoms. The van der Waals surface area contributed by atoms with E-state index in [4.69, 9.17) is 4.74 Å². The largest absolute Gasteiger partial charge is 0.444 e. The summed E-state index contributed by atoms with van der Waals surface area (Å²) in [6.07, 6.45) is 0.651. The molecule has 31 heavy (non-hydrogen) atoms. The number of carbonyl (C=O) groups excluding carboxylic acids is 2. The number of hydrogen-bond acceptors (Lipinski definition) is 4. The molecular weight excluding hydrogens is 404 g/mol. The van der Waals surface area contributed by atoms with Gasteiger partial charge < -0.3 is 15.0 Å². The molecule has 0 aliphatic heterocycles. The smallest absolute Gasteiger partial charge is 0.408 e. The van der Waals surface area contributed by atoms with E-state index < -0.39 is 35.3 Å². The molecule has 0 aliphatic carbocycles. The Hall–Kier alpha value is -3.03. The van der Waals surface area contributed by atoms with Crippen LogP contribution in [0.2, 0.25) is 0 Å². The van der Waals surface area contributed by atoms with E-state index in [9.17, 15) is 18.4 Å². The Morgan fingerprint density at radius 2 is 1.74 bits per heavy atom. The van der Waals surface area contributed by atoms with Crippen LogP contribution in [0.25, 0.3) is 0 Å². The van der Waals surface area contributed by atoms with Gasteiger partial charge in [-0.3, -0.25) is 9.78 Å². The van der Waals surface area contributed by atoms with Crippen molar-refractivity contribution in [1.29, 1.82) is 0 Å². The van der Waals surface area contributed by atoms with Crippen molar-refractivity contribution in [1.82, 2.24) is 10.3 Å². The lowest BCUT2D eigenvalue weighted by Crippen LogP contribution is -2.50. The Kier molecular flexibility index (Phi) is 7.70. The van der Waals surface area contributed by atoms with Crippen LogP contribution < -0.4 is 10.2 Å². The average Bonchev–Trinajstić information content (AvgIpc) is 2.64. The minimum atomic E-state index is -1.11. The number of carbonyl (C=O) groups is 2. The van der Waals surface area contributed by atoms with Gasteiger partial charge in [0.25, 0.3) is 0 Å². The number of halogens is 2. The zero-order valence-corrected chi connectivity index (χ0v) is 18.7. The van der Waals surface area contributed by atoms with E-state index in [-0.39, 0.29) is 17.9 Å². The summed E-state index contributed by atoms with van der Waals surface area (Å²) in [5.74, 6) is -1.77. The van der Waals surface area contributed by atoms with Gasteiger partial charge in [0.15, 0.2) is 0 Å². The van der Waals surface area contributed by atoms with Crippen molar-refractivity contribution in [2.24, 2.45) is 0 Å². The second kappa shape index (κ2) is 9.85. The lowest BCUT2D eigenvalue weighted by Gasteiger charge is -2.26. The SMILES string of the molecule is CC(C)c1ccc(N(C)C(=O)[C@H](Cc2cc(F)cc(F)c2)NC(=O)OC(C)(C)C)cn1. The van der Waals surface area contributed by atoms with Crippen LogP contribution in [-0.4, -0.2) is 35.7 Å². The number of aromatic nitrogens is 1. The number of likely N-dealkylation sites (N-methyl/N-ethyl adjacent to an activating group) is 1. The van der Waals surface area contributed by atoms with Crippen molar-refractivity contribution >= 4 is 17.7 Å². The number of anilines is 1. The number of rotatable bonds is 6. The van der Waals surface area contributed by atoms with Gasteiger partial charge in [0.2, 0.25) is 5.91 Å². The molecule has 2 rings (SSSR count). The molecule has 1 N–H and O–H groups in total. The van der Waals surface area contributed by atoms with Gasteiger partial charge in [0.1, 0.15) is 23.3 Å². The van der Waals surface area contributed by atoms with E-state index in [1.165, 1.54) is 4.90 Å². The van der Waals surface area contributed by atoms with Crippen LogP contribution in [0.15, 0.2) is 36.5 Å². The highest BCUT2D eigenvalue weighted by Crippen LogP contribution is 2.19. The van der Waals surface area contributed by atoms with Crippen molar-refractivity contribution < 1.29 is 23.1 Å². The summed E-state index contributed by atoms with van der Waals surface area (Å²) in [5.41, 5.74) is 0.859. The molecule has 0 bridgehead atoms. The predicted molar refractivity (Wildman–Crippen MR) is 115 cm³/mol. The van der Waals surface area contributed by atoms with Gasteiger partial charge in [0.05, 0.1) is 11.9 Å². The van der Waals surface area contributed by atoms with Crippen molar-refractivity contribution in [3.8, 4) is 0 Å². The quantitative estimate of drug-likeness (QED) is 0.724. The lowest BCUT2D eigenvalue weighted by molar-refractivity contribution is -0.120. The molecule has 0 spiro atoms. The molecule has 2 aromatic rings. The van der Waals surface area contributed by atoms with Crippen LogP contribution >= 0.6 is 0 Å². The van der Waals surface area contributed by atoms with Gasteiger partial charge >= 0.3 is 6.09 Å². The van der Waals surface area contributed by atoms with E-state index in [2.05, 4.69) is 10.3 Å². The summed E-state index contributed by atoms with van der Waals surface area (Å²) in [6, 6.07) is 5.47. The molecule has 0 aliphatic rings. The summed E-state index contributed by atoms with van der Waals surface area (Å²) in [7, 11) is 1.55. The normalized spacial score (nSPS) is 12.4. The number of nitrogens with one attached hydrogen (secondary N) is 1. The lowest BCUT2D eigenvalue weighted by atomic mass is 10.0. The molecule has 1 aromatic carbocycles. The molecule has 0 saturated carbocycles. The molecule has 0 fully saturated rings. The van der Waals surface area contributed by atoms with Crippen LogP contribution in [-0.2, 0) is 16.0 Å². The van der Waals surface area contributed by atoms with Gasteiger partial charge in [-0.15, -0.1) is 0 Å². The van der Waals surface area contributed by atoms with Gasteiger partial charge in [-0.25, -0.2) is 13.6 Å². The van der Waals surface area contributed by atoms with E-state index >= 15 is 0 Å². The van der Waals surface area contributed by atoms with Crippen molar-refractivity contribution in [3.63, 3.8) is 0 Å². The number of hydrogen-bond donors (Lipinski definition) is 1. The second-order valence-electron chi connectivity index (χ2n) is 8.67. The maximum absolute atomic E-state index is 13.6. The molecule has 168 valence electrons. The van der Waals surface area contributed by atoms with E-state index in [1.807, 2.05) is 19.9 Å². The third-order valence-corrected chi connectivity index (χ3v) is 4.43. The van der Waals surface area contributed by atoms with Gasteiger partial charge in [-0.2, -0.15) is 0 Å². The third kappa shape index (κ3) is 7.31. The van der Waals surface area contributed by atoms with Gasteiger partial charge in [0, 0.05) is 25.2 Å². The highest BCUT2D eigenvalue weighted by atomic mass is 19.1. The van der Waals surface area contributed by atoms with Gasteiger partial charge in [-0.05, 0) is 56.5 Å². The third-order valence-electron chi connectivity index (χ3n) is 4.43. The first-order valence-electron chi connectivity index (χ1n) is 10.0. The molecule has 1 aromatic heterocycles. The molecule has 1 atom stereocenters. The molecule has 0 radical (unpaired) electrons. The summed E-state index contributed by atoms with van der Waals surface area (Å²) in [5, 5.41) is 2.52. The molecule has 0 saturated heterocycles. The highest BCUT2D eigenvalue weighted by molar-refractivity contribution is 5.98. The van der Waals surface area contributed by atoms with Crippen molar-refractivity contribution in [2.75, 3.05) is 11.9 Å². The molecule has 2 amide bonds. The van der Waals surface area contributed by atoms with Gasteiger partial charge in [-0.1, -0.05) is 13.8 Å². The summed E-state index contributed by atoms with van der Waals surface area (Å²) >= 11 is 0. The first-order chi connectivity index (χ1) is 14.4. The number of alkyl carbamates (subject to hydrolysis) is 1. The molecular formula is C23H29F2N3O3. The van der Waals surface area contributed by atoms with E-state index in [0.29, 0.717) is 5.69 Å². The highest BCUT2D eigenvalue weighted by Gasteiger charge is 2.28. The van der Waals surface area contributed by atoms with Crippen LogP contribution in [0.1, 0.15) is 51.8 Å². The minimum absolute atomic E-state index is 0.116. The maximum atomic E-state index is 13.6. The number of amides is 2. The van der Waals surface area contributed by atoms with Crippen LogP contribution in [0.4, 0.5) is 19.3 Å². The Balaban J connectivity index is 2.28. The Bertz CT molecular complexity index is 904. The summed E-state index contributed by atoms with van der Waals surface area (Å²) in [6.45, 7) is 9.10. The van der Waals surface area contributed by atoms with Crippen molar-refractivity contribution in [3.05, 3.63) is 59.4 Å². The monoisotopic (exact) mass is 433 g/mol. The molecule has 0 unspecified atom stereocenters. The first kappa shape index (κ1) is 24.2. The maximum Gasteiger partial charge on any atom is 0.408 e. The number of nitrogens with zero attached hydrogens (tertiary/aromatic N) is 2. The predicted octanol–water partition coefficient (Wildman–Crippen LogP) is 4.58. The van der Waals surface area contributed by atoms with Crippen LogP contribution in [0.5, 0.6) is 0 Å². The Labute approximate surface area is 181 Å². The summed E-state index contributed by atoms with van der Waals surface area (Å²) < 4.78 is 32.5. The van der Waals surface area contributed by atoms with E-state index in [1.54, 1.807) is 40.1 Å². The fraction of sp³-hybridized carbons (Fsp3) is 0.435. The standard InChI is InChI=1S/C23H29F2N3O3/c1-14(2)19-8-7-18(13-26-19)28(6)21(29)20(27-22(30)31-23(3,4)5)11-15-9-16(24)12-17(25)10-15/h7-10,12-14,20H,11H2,1-6H3,(H,27,30)/t20-/m0/s1. The topological polar surface area (TPSA) is 71.5 Å². The Morgan fingerprint density at radius 3 is 2.23 bits per heavy atom. The molecule has 6 nitrogen and oxygen atoms in total. The van der Waals surface area contributed by atoms with Crippen LogP contribution in [0.3, 0.4) is 0 Å². The minimum Gasteiger partial charge on any atom is -0.444 e. The zero-order chi connectivity index (χ0) is 23.3. The second-order valence-corrected chi connectivity index (χ2v) is 8.67.